The first-order valence-electron chi connectivity index (χ1n) is 6.59. The Hall–Kier alpha value is -1.62. The van der Waals surface area contributed by atoms with E-state index >= 15 is 0 Å². The summed E-state index contributed by atoms with van der Waals surface area (Å²) in [7, 11) is 0. The quantitative estimate of drug-likeness (QED) is 0.868. The van der Waals surface area contributed by atoms with Crippen LogP contribution in [0.5, 0.6) is 0 Å². The Morgan fingerprint density at radius 3 is 3.22 bits per heavy atom. The zero-order chi connectivity index (χ0) is 12.4. The minimum absolute atomic E-state index is 0.362. The standard InChI is InChI=1S/C13H18N4O/c1-2-14-10-6-3-5-9(10)13-16-12(17-18-13)11-7-4-8-15-11/h4,7-10,14-15H,2-3,5-6H2,1H3. The molecule has 96 valence electrons. The van der Waals surface area contributed by atoms with Gasteiger partial charge in [0.2, 0.25) is 11.7 Å². The van der Waals surface area contributed by atoms with E-state index in [0.717, 1.165) is 24.6 Å². The van der Waals surface area contributed by atoms with Crippen LogP contribution in [0.25, 0.3) is 11.5 Å². The van der Waals surface area contributed by atoms with E-state index in [0.29, 0.717) is 17.8 Å². The Bertz CT molecular complexity index is 491. The molecule has 2 N–H and O–H groups in total. The number of nitrogens with zero attached hydrogens (tertiary/aromatic N) is 2. The second-order valence-corrected chi connectivity index (χ2v) is 4.74. The lowest BCUT2D eigenvalue weighted by molar-refractivity contribution is 0.332. The van der Waals surface area contributed by atoms with Crippen molar-refractivity contribution >= 4 is 0 Å². The third kappa shape index (κ3) is 2.06. The number of aromatic amines is 1. The van der Waals surface area contributed by atoms with Crippen molar-refractivity contribution in [3.05, 3.63) is 24.2 Å². The van der Waals surface area contributed by atoms with Crippen LogP contribution in [-0.4, -0.2) is 27.7 Å². The van der Waals surface area contributed by atoms with Crippen LogP contribution >= 0.6 is 0 Å². The van der Waals surface area contributed by atoms with Gasteiger partial charge in [-0.2, -0.15) is 4.98 Å². The monoisotopic (exact) mass is 246 g/mol. The molecule has 2 aromatic heterocycles. The van der Waals surface area contributed by atoms with Gasteiger partial charge in [0.15, 0.2) is 0 Å². The van der Waals surface area contributed by atoms with E-state index in [1.807, 2.05) is 18.3 Å². The molecule has 5 heteroatoms. The maximum absolute atomic E-state index is 5.43. The molecule has 1 fully saturated rings. The van der Waals surface area contributed by atoms with Gasteiger partial charge in [0, 0.05) is 12.2 Å². The van der Waals surface area contributed by atoms with Crippen molar-refractivity contribution in [3.63, 3.8) is 0 Å². The van der Waals surface area contributed by atoms with E-state index in [2.05, 4.69) is 27.4 Å². The largest absolute Gasteiger partial charge is 0.359 e. The molecule has 18 heavy (non-hydrogen) atoms. The van der Waals surface area contributed by atoms with Crippen LogP contribution in [0.1, 0.15) is 38.0 Å². The molecule has 2 aromatic rings. The summed E-state index contributed by atoms with van der Waals surface area (Å²) in [6, 6.07) is 4.36. The van der Waals surface area contributed by atoms with E-state index in [1.165, 1.54) is 12.8 Å². The molecule has 0 saturated heterocycles. The third-order valence-electron chi connectivity index (χ3n) is 3.58. The first kappa shape index (κ1) is 11.5. The molecule has 1 aliphatic rings. The number of aromatic nitrogens is 3. The number of hydrogen-bond donors (Lipinski definition) is 2. The fraction of sp³-hybridized carbons (Fsp3) is 0.538. The predicted molar refractivity (Wildman–Crippen MR) is 68.1 cm³/mol. The minimum Gasteiger partial charge on any atom is -0.359 e. The van der Waals surface area contributed by atoms with Crippen molar-refractivity contribution in [3.8, 4) is 11.5 Å². The second-order valence-electron chi connectivity index (χ2n) is 4.74. The molecule has 5 nitrogen and oxygen atoms in total. The third-order valence-corrected chi connectivity index (χ3v) is 3.58. The summed E-state index contributed by atoms with van der Waals surface area (Å²) in [5.41, 5.74) is 0.906. The average molecular weight is 246 g/mol. The van der Waals surface area contributed by atoms with Gasteiger partial charge in [-0.25, -0.2) is 0 Å². The topological polar surface area (TPSA) is 66.7 Å². The highest BCUT2D eigenvalue weighted by molar-refractivity contribution is 5.47. The second kappa shape index (κ2) is 4.94. The van der Waals surface area contributed by atoms with Crippen molar-refractivity contribution < 1.29 is 4.52 Å². The Morgan fingerprint density at radius 2 is 2.44 bits per heavy atom. The molecule has 0 radical (unpaired) electrons. The van der Waals surface area contributed by atoms with Crippen LogP contribution in [-0.2, 0) is 0 Å². The first-order valence-corrected chi connectivity index (χ1v) is 6.59. The first-order chi connectivity index (χ1) is 8.88. The van der Waals surface area contributed by atoms with Gasteiger partial charge in [0.25, 0.3) is 0 Å². The smallest absolute Gasteiger partial charge is 0.231 e. The normalized spacial score (nSPS) is 23.6. The van der Waals surface area contributed by atoms with Crippen molar-refractivity contribution in [2.45, 2.75) is 38.1 Å². The molecule has 0 aromatic carbocycles. The molecule has 3 rings (SSSR count). The lowest BCUT2D eigenvalue weighted by atomic mass is 10.0. The summed E-state index contributed by atoms with van der Waals surface area (Å²) in [6.45, 7) is 3.12. The summed E-state index contributed by atoms with van der Waals surface area (Å²) >= 11 is 0. The zero-order valence-corrected chi connectivity index (χ0v) is 10.5. The molecular weight excluding hydrogens is 228 g/mol. The van der Waals surface area contributed by atoms with Gasteiger partial charge in [-0.15, -0.1) is 0 Å². The molecule has 2 unspecified atom stereocenters. The van der Waals surface area contributed by atoms with Crippen LogP contribution < -0.4 is 5.32 Å². The molecule has 0 amide bonds. The maximum atomic E-state index is 5.43. The Morgan fingerprint density at radius 1 is 1.50 bits per heavy atom. The lowest BCUT2D eigenvalue weighted by Gasteiger charge is -2.16. The predicted octanol–water partition coefficient (Wildman–Crippen LogP) is 2.31. The molecule has 0 spiro atoms. The maximum Gasteiger partial charge on any atom is 0.231 e. The highest BCUT2D eigenvalue weighted by Gasteiger charge is 2.32. The average Bonchev–Trinajstić information content (AvgIpc) is 3.10. The van der Waals surface area contributed by atoms with Gasteiger partial charge in [-0.3, -0.25) is 0 Å². The lowest BCUT2D eigenvalue weighted by Crippen LogP contribution is -2.31. The highest BCUT2D eigenvalue weighted by Crippen LogP contribution is 2.34. The number of H-pyrrole nitrogens is 1. The van der Waals surface area contributed by atoms with Crippen LogP contribution in [0.4, 0.5) is 0 Å². The van der Waals surface area contributed by atoms with Crippen molar-refractivity contribution in [2.24, 2.45) is 0 Å². The minimum atomic E-state index is 0.362. The van der Waals surface area contributed by atoms with Crippen molar-refractivity contribution in [1.82, 2.24) is 20.4 Å². The summed E-state index contributed by atoms with van der Waals surface area (Å²) in [5, 5.41) is 7.55. The van der Waals surface area contributed by atoms with Crippen LogP contribution in [0.3, 0.4) is 0 Å². The molecular formula is C13H18N4O. The van der Waals surface area contributed by atoms with Crippen molar-refractivity contribution in [2.75, 3.05) is 6.54 Å². The van der Waals surface area contributed by atoms with Gasteiger partial charge in [0.1, 0.15) is 0 Å². The number of likely N-dealkylation sites (N-methyl/N-ethyl adjacent to an activating group) is 1. The summed E-state index contributed by atoms with van der Waals surface area (Å²) in [5.74, 6) is 1.78. The molecule has 1 aliphatic carbocycles. The van der Waals surface area contributed by atoms with Crippen molar-refractivity contribution in [1.29, 1.82) is 0 Å². The molecule has 1 saturated carbocycles. The number of rotatable bonds is 4. The Labute approximate surface area is 106 Å². The van der Waals surface area contributed by atoms with Crippen LogP contribution in [0, 0.1) is 0 Å². The summed E-state index contributed by atoms with van der Waals surface area (Å²) in [6.07, 6.45) is 5.41. The van der Waals surface area contributed by atoms with Gasteiger partial charge < -0.3 is 14.8 Å². The van der Waals surface area contributed by atoms with E-state index in [9.17, 15) is 0 Å². The van der Waals surface area contributed by atoms with Gasteiger partial charge in [-0.1, -0.05) is 18.5 Å². The van der Waals surface area contributed by atoms with Crippen LogP contribution in [0.15, 0.2) is 22.9 Å². The van der Waals surface area contributed by atoms with Gasteiger partial charge in [0.05, 0.1) is 11.6 Å². The fourth-order valence-corrected chi connectivity index (χ4v) is 2.73. The number of hydrogen-bond acceptors (Lipinski definition) is 4. The van der Waals surface area contributed by atoms with Crippen LogP contribution in [0.2, 0.25) is 0 Å². The molecule has 2 atom stereocenters. The van der Waals surface area contributed by atoms with E-state index in [1.54, 1.807) is 0 Å². The SMILES string of the molecule is CCNC1CCCC1c1nc(-c2ccc[nH]2)no1. The zero-order valence-electron chi connectivity index (χ0n) is 10.5. The van der Waals surface area contributed by atoms with E-state index < -0.39 is 0 Å². The Kier molecular flexibility index (Phi) is 3.15. The molecule has 0 bridgehead atoms. The molecule has 0 aliphatic heterocycles. The van der Waals surface area contributed by atoms with Gasteiger partial charge >= 0.3 is 0 Å². The van der Waals surface area contributed by atoms with E-state index in [-0.39, 0.29) is 0 Å². The number of nitrogens with one attached hydrogen (secondary N) is 2. The Balaban J connectivity index is 1.80. The summed E-state index contributed by atoms with van der Waals surface area (Å²) < 4.78 is 5.43. The van der Waals surface area contributed by atoms with Gasteiger partial charge in [-0.05, 0) is 31.5 Å². The summed E-state index contributed by atoms with van der Waals surface area (Å²) in [4.78, 5) is 7.61. The fourth-order valence-electron chi connectivity index (χ4n) is 2.73. The highest BCUT2D eigenvalue weighted by atomic mass is 16.5. The molecule has 2 heterocycles. The van der Waals surface area contributed by atoms with E-state index in [4.69, 9.17) is 4.52 Å².